The van der Waals surface area contributed by atoms with E-state index in [9.17, 15) is 4.79 Å². The van der Waals surface area contributed by atoms with Crippen LogP contribution in [0.1, 0.15) is 42.3 Å². The Kier molecular flexibility index (Phi) is 5.21. The van der Waals surface area contributed by atoms with Crippen molar-refractivity contribution in [2.24, 2.45) is 0 Å². The number of nitrogens with zero attached hydrogens (tertiary/aromatic N) is 2. The normalized spacial score (nSPS) is 11.3. The number of rotatable bonds is 6. The van der Waals surface area contributed by atoms with Crippen molar-refractivity contribution in [3.63, 3.8) is 0 Å². The van der Waals surface area contributed by atoms with E-state index in [-0.39, 0.29) is 12.3 Å². The molecule has 5 nitrogen and oxygen atoms in total. The Labute approximate surface area is 170 Å². The molecule has 0 bridgehead atoms. The first-order valence-electron chi connectivity index (χ1n) is 9.86. The van der Waals surface area contributed by atoms with Crippen molar-refractivity contribution < 1.29 is 9.21 Å². The fraction of sp³-hybridized carbons (Fsp3) is 0.250. The molecule has 1 amide bonds. The topological polar surface area (TPSA) is 60.1 Å². The van der Waals surface area contributed by atoms with Gasteiger partial charge in [0.05, 0.1) is 12.7 Å². The average Bonchev–Trinajstić information content (AvgIpc) is 3.29. The van der Waals surface area contributed by atoms with Crippen molar-refractivity contribution in [3.8, 4) is 0 Å². The van der Waals surface area contributed by atoms with Crippen molar-refractivity contribution in [2.75, 3.05) is 5.32 Å². The van der Waals surface area contributed by atoms with Crippen molar-refractivity contribution >= 4 is 22.6 Å². The van der Waals surface area contributed by atoms with E-state index in [4.69, 9.17) is 4.42 Å². The van der Waals surface area contributed by atoms with Gasteiger partial charge in [-0.05, 0) is 36.2 Å². The molecule has 0 unspecified atom stereocenters. The summed E-state index contributed by atoms with van der Waals surface area (Å²) in [4.78, 5) is 17.0. The fourth-order valence-corrected chi connectivity index (χ4v) is 3.60. The molecule has 0 saturated carbocycles. The van der Waals surface area contributed by atoms with Crippen molar-refractivity contribution in [3.05, 3.63) is 83.6 Å². The molecular formula is C24H25N3O2. The molecule has 5 heteroatoms. The van der Waals surface area contributed by atoms with E-state index >= 15 is 0 Å². The Balaban J connectivity index is 1.46. The number of aryl methyl sites for hydroxylation is 1. The molecule has 148 valence electrons. The first-order chi connectivity index (χ1) is 14.0. The minimum absolute atomic E-state index is 0.0593. The van der Waals surface area contributed by atoms with Crippen molar-refractivity contribution in [2.45, 2.75) is 39.7 Å². The molecule has 0 fully saturated rings. The first kappa shape index (κ1) is 19.0. The standard InChI is InChI=1S/C24H25N3O2/c1-16(2)24-25-9-10-27(24)14-18-5-4-6-20(12-18)26-23(28)13-19-15-29-22-11-17(3)7-8-21(19)22/h4-12,15-16H,13-14H2,1-3H3,(H,26,28). The van der Waals surface area contributed by atoms with Crippen LogP contribution < -0.4 is 5.32 Å². The Hall–Kier alpha value is -3.34. The Morgan fingerprint density at radius 2 is 2.07 bits per heavy atom. The van der Waals surface area contributed by atoms with Crippen LogP contribution in [0.5, 0.6) is 0 Å². The Morgan fingerprint density at radius 3 is 2.90 bits per heavy atom. The maximum Gasteiger partial charge on any atom is 0.228 e. The van der Waals surface area contributed by atoms with Gasteiger partial charge in [0.1, 0.15) is 11.4 Å². The zero-order valence-corrected chi connectivity index (χ0v) is 17.0. The second kappa shape index (κ2) is 7.95. The van der Waals surface area contributed by atoms with E-state index in [1.165, 1.54) is 0 Å². The predicted molar refractivity (Wildman–Crippen MR) is 115 cm³/mol. The van der Waals surface area contributed by atoms with Gasteiger partial charge in [-0.25, -0.2) is 4.98 Å². The highest BCUT2D eigenvalue weighted by atomic mass is 16.3. The van der Waals surface area contributed by atoms with Crippen LogP contribution in [-0.2, 0) is 17.8 Å². The van der Waals surface area contributed by atoms with Crippen LogP contribution in [-0.4, -0.2) is 15.5 Å². The molecule has 0 radical (unpaired) electrons. The molecule has 0 aliphatic heterocycles. The summed E-state index contributed by atoms with van der Waals surface area (Å²) in [6.07, 6.45) is 5.77. The number of carbonyl (C=O) groups excluding carboxylic acids is 1. The Morgan fingerprint density at radius 1 is 1.21 bits per heavy atom. The van der Waals surface area contributed by atoms with Crippen LogP contribution in [0.15, 0.2) is 65.5 Å². The van der Waals surface area contributed by atoms with E-state index in [1.54, 1.807) is 6.26 Å². The molecule has 0 saturated heterocycles. The van der Waals surface area contributed by atoms with Crippen LogP contribution in [0, 0.1) is 6.92 Å². The van der Waals surface area contributed by atoms with Crippen LogP contribution in [0.25, 0.3) is 11.0 Å². The number of aromatic nitrogens is 2. The third-order valence-corrected chi connectivity index (χ3v) is 4.99. The summed E-state index contributed by atoms with van der Waals surface area (Å²) in [5, 5.41) is 4.00. The highest BCUT2D eigenvalue weighted by Crippen LogP contribution is 2.23. The lowest BCUT2D eigenvalue weighted by molar-refractivity contribution is -0.115. The van der Waals surface area contributed by atoms with Crippen LogP contribution >= 0.6 is 0 Å². The predicted octanol–water partition coefficient (Wildman–Crippen LogP) is 5.29. The zero-order valence-electron chi connectivity index (χ0n) is 17.0. The molecule has 1 N–H and O–H groups in total. The second-order valence-corrected chi connectivity index (χ2v) is 7.75. The number of imidazole rings is 1. The summed E-state index contributed by atoms with van der Waals surface area (Å²) in [6, 6.07) is 14.0. The SMILES string of the molecule is Cc1ccc2c(CC(=O)Nc3cccc(Cn4ccnc4C(C)C)c3)coc2c1. The lowest BCUT2D eigenvalue weighted by Gasteiger charge is -2.12. The Bertz CT molecular complexity index is 1150. The summed E-state index contributed by atoms with van der Waals surface area (Å²) >= 11 is 0. The molecule has 0 aliphatic rings. The van der Waals surface area contributed by atoms with Crippen molar-refractivity contribution in [1.82, 2.24) is 9.55 Å². The highest BCUT2D eigenvalue weighted by Gasteiger charge is 2.12. The number of furan rings is 1. The van der Waals surface area contributed by atoms with Gasteiger partial charge in [0.25, 0.3) is 0 Å². The van der Waals surface area contributed by atoms with E-state index < -0.39 is 0 Å². The van der Waals surface area contributed by atoms with Gasteiger partial charge in [0, 0.05) is 41.5 Å². The number of hydrogen-bond acceptors (Lipinski definition) is 3. The van der Waals surface area contributed by atoms with Gasteiger partial charge in [-0.2, -0.15) is 0 Å². The average molecular weight is 387 g/mol. The van der Waals surface area contributed by atoms with Crippen LogP contribution in [0.2, 0.25) is 0 Å². The number of fused-ring (bicyclic) bond motifs is 1. The lowest BCUT2D eigenvalue weighted by Crippen LogP contribution is -2.14. The second-order valence-electron chi connectivity index (χ2n) is 7.75. The molecule has 4 aromatic rings. The zero-order chi connectivity index (χ0) is 20.4. The maximum absolute atomic E-state index is 12.6. The quantitative estimate of drug-likeness (QED) is 0.489. The van der Waals surface area contributed by atoms with Gasteiger partial charge < -0.3 is 14.3 Å². The molecule has 0 spiro atoms. The molecule has 0 atom stereocenters. The molecule has 2 heterocycles. The molecule has 2 aromatic carbocycles. The number of amides is 1. The lowest BCUT2D eigenvalue weighted by atomic mass is 10.1. The smallest absolute Gasteiger partial charge is 0.228 e. The third-order valence-electron chi connectivity index (χ3n) is 4.99. The van der Waals surface area contributed by atoms with Crippen molar-refractivity contribution in [1.29, 1.82) is 0 Å². The number of benzene rings is 2. The maximum atomic E-state index is 12.6. The van der Waals surface area contributed by atoms with E-state index in [1.807, 2.05) is 55.7 Å². The first-order valence-corrected chi connectivity index (χ1v) is 9.86. The van der Waals surface area contributed by atoms with Gasteiger partial charge >= 0.3 is 0 Å². The van der Waals surface area contributed by atoms with E-state index in [0.29, 0.717) is 5.92 Å². The number of nitrogens with one attached hydrogen (secondary N) is 1. The van der Waals surface area contributed by atoms with Gasteiger partial charge in [0.2, 0.25) is 5.91 Å². The highest BCUT2D eigenvalue weighted by molar-refractivity contribution is 5.95. The van der Waals surface area contributed by atoms with Gasteiger partial charge in [0.15, 0.2) is 0 Å². The minimum Gasteiger partial charge on any atom is -0.464 e. The van der Waals surface area contributed by atoms with E-state index in [0.717, 1.165) is 45.7 Å². The molecule has 29 heavy (non-hydrogen) atoms. The molecule has 2 aromatic heterocycles. The summed E-state index contributed by atoms with van der Waals surface area (Å²) in [5.41, 5.74) is 4.76. The van der Waals surface area contributed by atoms with Crippen LogP contribution in [0.4, 0.5) is 5.69 Å². The summed E-state index contributed by atoms with van der Waals surface area (Å²) in [6.45, 7) is 7.02. The molecule has 4 rings (SSSR count). The van der Waals surface area contributed by atoms with E-state index in [2.05, 4.69) is 34.8 Å². The monoisotopic (exact) mass is 387 g/mol. The molecule has 0 aliphatic carbocycles. The van der Waals surface area contributed by atoms with Gasteiger partial charge in [-0.3, -0.25) is 4.79 Å². The number of carbonyl (C=O) groups is 1. The van der Waals surface area contributed by atoms with Crippen LogP contribution in [0.3, 0.4) is 0 Å². The number of anilines is 1. The summed E-state index contributed by atoms with van der Waals surface area (Å²) in [5.74, 6) is 1.36. The summed E-state index contributed by atoms with van der Waals surface area (Å²) < 4.78 is 7.74. The van der Waals surface area contributed by atoms with Gasteiger partial charge in [-0.1, -0.05) is 38.1 Å². The summed E-state index contributed by atoms with van der Waals surface area (Å²) in [7, 11) is 0. The third kappa shape index (κ3) is 4.24. The number of hydrogen-bond donors (Lipinski definition) is 1. The minimum atomic E-state index is -0.0593. The molecular weight excluding hydrogens is 362 g/mol. The largest absolute Gasteiger partial charge is 0.464 e. The van der Waals surface area contributed by atoms with Gasteiger partial charge in [-0.15, -0.1) is 0 Å². The fourth-order valence-electron chi connectivity index (χ4n) is 3.60.